The number of hydrogen-bond acceptors (Lipinski definition) is 4. The molecule has 0 heterocycles. The van der Waals surface area contributed by atoms with Gasteiger partial charge in [-0.1, -0.05) is 18.2 Å². The zero-order valence-electron chi connectivity index (χ0n) is 8.64. The Kier molecular flexibility index (Phi) is 4.63. The van der Waals surface area contributed by atoms with Crippen molar-refractivity contribution in [1.29, 1.82) is 0 Å². The summed E-state index contributed by atoms with van der Waals surface area (Å²) in [5.41, 5.74) is 0.862. The van der Waals surface area contributed by atoms with E-state index in [-0.39, 0.29) is 13.2 Å². The number of hydrogen-bond donors (Lipinski definition) is 2. The lowest BCUT2D eigenvalue weighted by atomic mass is 10.3. The van der Waals surface area contributed by atoms with E-state index < -0.39 is 12.1 Å². The average Bonchev–Trinajstić information content (AvgIpc) is 2.27. The van der Waals surface area contributed by atoms with Crippen molar-refractivity contribution in [3.05, 3.63) is 30.3 Å². The highest BCUT2D eigenvalue weighted by Crippen LogP contribution is 2.04. The summed E-state index contributed by atoms with van der Waals surface area (Å²) in [6.45, 7) is 2.14. The number of para-hydroxylation sites is 1. The Morgan fingerprint density at radius 1 is 1.47 bits per heavy atom. The highest BCUT2D eigenvalue weighted by atomic mass is 16.5. The van der Waals surface area contributed by atoms with E-state index in [0.717, 1.165) is 5.69 Å². The molecule has 1 aromatic carbocycles. The highest BCUT2D eigenvalue weighted by Gasteiger charge is 2.15. The van der Waals surface area contributed by atoms with Crippen LogP contribution in [0, 0.1) is 0 Å². The molecular weight excluding hydrogens is 194 g/mol. The maximum absolute atomic E-state index is 11.1. The van der Waals surface area contributed by atoms with Crippen LogP contribution < -0.4 is 5.32 Å². The predicted molar refractivity (Wildman–Crippen MR) is 57.6 cm³/mol. The number of carbonyl (C=O) groups excluding carboxylic acids is 1. The number of aliphatic hydroxyl groups is 1. The lowest BCUT2D eigenvalue weighted by Crippen LogP contribution is -2.30. The number of aliphatic hydroxyl groups excluding tert-OH is 1. The van der Waals surface area contributed by atoms with Crippen molar-refractivity contribution in [3.63, 3.8) is 0 Å². The average molecular weight is 209 g/mol. The Balaban J connectivity index is 2.34. The number of carbonyl (C=O) groups is 1. The molecule has 1 rings (SSSR count). The van der Waals surface area contributed by atoms with Crippen molar-refractivity contribution in [1.82, 2.24) is 0 Å². The van der Waals surface area contributed by atoms with Gasteiger partial charge in [0, 0.05) is 5.69 Å². The summed E-state index contributed by atoms with van der Waals surface area (Å²) in [4.78, 5) is 11.1. The molecule has 0 saturated carbocycles. The molecule has 0 radical (unpaired) electrons. The Bertz CT molecular complexity index is 300. The molecule has 15 heavy (non-hydrogen) atoms. The van der Waals surface area contributed by atoms with Crippen molar-refractivity contribution in [3.8, 4) is 0 Å². The van der Waals surface area contributed by atoms with Gasteiger partial charge in [0.2, 0.25) is 0 Å². The van der Waals surface area contributed by atoms with E-state index in [1.807, 2.05) is 30.3 Å². The number of nitrogens with one attached hydrogen (secondary N) is 1. The second-order valence-electron chi connectivity index (χ2n) is 3.01. The van der Waals surface area contributed by atoms with Gasteiger partial charge in [0.05, 0.1) is 13.2 Å². The largest absolute Gasteiger partial charge is 0.464 e. The maximum atomic E-state index is 11.1. The first-order valence-electron chi connectivity index (χ1n) is 4.87. The van der Waals surface area contributed by atoms with Gasteiger partial charge in [-0.15, -0.1) is 0 Å². The number of rotatable bonds is 5. The summed E-state index contributed by atoms with van der Waals surface area (Å²) in [6.07, 6.45) is -1.12. The van der Waals surface area contributed by atoms with Gasteiger partial charge in [-0.3, -0.25) is 0 Å². The monoisotopic (exact) mass is 209 g/mol. The first-order valence-corrected chi connectivity index (χ1v) is 4.87. The van der Waals surface area contributed by atoms with Gasteiger partial charge in [0.15, 0.2) is 6.10 Å². The predicted octanol–water partition coefficient (Wildman–Crippen LogP) is 1.02. The standard InChI is InChI=1S/C11H15NO3/c1-2-15-11(14)10(13)8-12-9-6-4-3-5-7-9/h3-7,10,12-13H,2,8H2,1H3. The van der Waals surface area contributed by atoms with Gasteiger partial charge < -0.3 is 15.2 Å². The van der Waals surface area contributed by atoms with Gasteiger partial charge in [0.25, 0.3) is 0 Å². The zero-order chi connectivity index (χ0) is 11.1. The molecule has 0 aliphatic rings. The van der Waals surface area contributed by atoms with E-state index in [0.29, 0.717) is 0 Å². The molecule has 1 aromatic rings. The van der Waals surface area contributed by atoms with Crippen molar-refractivity contribution in [2.45, 2.75) is 13.0 Å². The summed E-state index contributed by atoms with van der Waals surface area (Å²) in [7, 11) is 0. The molecule has 0 aliphatic heterocycles. The fraction of sp³-hybridized carbons (Fsp3) is 0.364. The quantitative estimate of drug-likeness (QED) is 0.711. The van der Waals surface area contributed by atoms with Crippen molar-refractivity contribution in [2.75, 3.05) is 18.5 Å². The van der Waals surface area contributed by atoms with Crippen LogP contribution in [0.4, 0.5) is 5.69 Å². The number of benzene rings is 1. The van der Waals surface area contributed by atoms with Crippen LogP contribution in [0.2, 0.25) is 0 Å². The van der Waals surface area contributed by atoms with Crippen LogP contribution in [0.3, 0.4) is 0 Å². The third kappa shape index (κ3) is 3.99. The lowest BCUT2D eigenvalue weighted by molar-refractivity contribution is -0.152. The molecule has 1 atom stereocenters. The number of anilines is 1. The molecule has 4 nitrogen and oxygen atoms in total. The van der Waals surface area contributed by atoms with Crippen LogP contribution in [-0.2, 0) is 9.53 Å². The second kappa shape index (κ2) is 6.03. The van der Waals surface area contributed by atoms with Gasteiger partial charge in [0.1, 0.15) is 0 Å². The van der Waals surface area contributed by atoms with E-state index >= 15 is 0 Å². The number of ether oxygens (including phenoxy) is 1. The smallest absolute Gasteiger partial charge is 0.336 e. The van der Waals surface area contributed by atoms with Crippen LogP contribution in [-0.4, -0.2) is 30.3 Å². The fourth-order valence-corrected chi connectivity index (χ4v) is 1.09. The molecule has 0 saturated heterocycles. The van der Waals surface area contributed by atoms with E-state index in [1.165, 1.54) is 0 Å². The summed E-state index contributed by atoms with van der Waals surface area (Å²) in [5.74, 6) is -0.596. The minimum absolute atomic E-state index is 0.156. The molecule has 0 amide bonds. The Hall–Kier alpha value is -1.55. The van der Waals surface area contributed by atoms with Crippen LogP contribution in [0.25, 0.3) is 0 Å². The summed E-state index contributed by atoms with van der Waals surface area (Å²) in [5, 5.41) is 12.3. The van der Waals surface area contributed by atoms with E-state index in [1.54, 1.807) is 6.92 Å². The van der Waals surface area contributed by atoms with Gasteiger partial charge >= 0.3 is 5.97 Å². The van der Waals surface area contributed by atoms with Gasteiger partial charge in [-0.05, 0) is 19.1 Å². The molecule has 0 bridgehead atoms. The first-order chi connectivity index (χ1) is 7.24. The normalized spacial score (nSPS) is 11.9. The zero-order valence-corrected chi connectivity index (χ0v) is 8.64. The van der Waals surface area contributed by atoms with Crippen molar-refractivity contribution in [2.24, 2.45) is 0 Å². The first kappa shape index (κ1) is 11.5. The molecule has 0 aromatic heterocycles. The van der Waals surface area contributed by atoms with E-state index in [4.69, 9.17) is 0 Å². The molecule has 0 fully saturated rings. The van der Waals surface area contributed by atoms with Crippen molar-refractivity contribution >= 4 is 11.7 Å². The molecule has 0 spiro atoms. The fourth-order valence-electron chi connectivity index (χ4n) is 1.09. The van der Waals surface area contributed by atoms with Crippen LogP contribution >= 0.6 is 0 Å². The molecule has 0 aliphatic carbocycles. The van der Waals surface area contributed by atoms with Gasteiger partial charge in [-0.2, -0.15) is 0 Å². The molecule has 2 N–H and O–H groups in total. The van der Waals surface area contributed by atoms with E-state index in [2.05, 4.69) is 10.1 Å². The minimum Gasteiger partial charge on any atom is -0.464 e. The Morgan fingerprint density at radius 2 is 2.13 bits per heavy atom. The van der Waals surface area contributed by atoms with E-state index in [9.17, 15) is 9.90 Å². The van der Waals surface area contributed by atoms with Crippen LogP contribution in [0.1, 0.15) is 6.92 Å². The summed E-state index contributed by atoms with van der Waals surface area (Å²) in [6, 6.07) is 9.36. The van der Waals surface area contributed by atoms with Crippen LogP contribution in [0.5, 0.6) is 0 Å². The Morgan fingerprint density at radius 3 is 2.73 bits per heavy atom. The van der Waals surface area contributed by atoms with Crippen LogP contribution in [0.15, 0.2) is 30.3 Å². The SMILES string of the molecule is CCOC(=O)C(O)CNc1ccccc1. The third-order valence-electron chi connectivity index (χ3n) is 1.83. The maximum Gasteiger partial charge on any atom is 0.336 e. The highest BCUT2D eigenvalue weighted by molar-refractivity contribution is 5.75. The topological polar surface area (TPSA) is 58.6 Å². The molecule has 82 valence electrons. The van der Waals surface area contributed by atoms with Gasteiger partial charge in [-0.25, -0.2) is 4.79 Å². The summed E-state index contributed by atoms with van der Waals surface area (Å²) < 4.78 is 4.66. The second-order valence-corrected chi connectivity index (χ2v) is 3.01. The third-order valence-corrected chi connectivity index (χ3v) is 1.83. The minimum atomic E-state index is -1.12. The van der Waals surface area contributed by atoms with Crippen molar-refractivity contribution < 1.29 is 14.6 Å². The lowest BCUT2D eigenvalue weighted by Gasteiger charge is -2.11. The molecule has 1 unspecified atom stereocenters. The molecular formula is C11H15NO3. The molecule has 4 heteroatoms. The Labute approximate surface area is 88.9 Å². The number of esters is 1. The summed E-state index contributed by atoms with van der Waals surface area (Å²) >= 11 is 0.